The molecule has 0 atom stereocenters. The van der Waals surface area contributed by atoms with Gasteiger partial charge in [0.05, 0.1) is 0 Å². The van der Waals surface area contributed by atoms with E-state index in [0.717, 1.165) is 0 Å². The molecule has 0 aliphatic heterocycles. The Kier molecular flexibility index (Phi) is 9.46. The molecule has 0 aromatic heterocycles. The number of unbranched alkanes of at least 4 members (excludes halogenated alkanes) is 1. The number of allylic oxidation sites excluding steroid dienone is 4. The molecule has 0 aromatic carbocycles. The van der Waals surface area contributed by atoms with Crippen LogP contribution in [0.15, 0.2) is 23.8 Å². The predicted molar refractivity (Wildman–Crippen MR) is 58.4 cm³/mol. The van der Waals surface area contributed by atoms with Gasteiger partial charge in [-0.25, -0.2) is 0 Å². The van der Waals surface area contributed by atoms with Crippen LogP contribution in [0.4, 0.5) is 0 Å². The van der Waals surface area contributed by atoms with Crippen molar-refractivity contribution in [2.45, 2.75) is 32.6 Å². The summed E-state index contributed by atoms with van der Waals surface area (Å²) in [5.74, 6) is 0. The standard InChI is InChI=1S/C9H14.3CO.Mn/c1-2-3-6-9-7-4-5-8-9;3*1-2;/h4-5,7H,2-3,6,8H2,1H3;;;;. The molecule has 16 heavy (non-hydrogen) atoms. The molecule has 0 radical (unpaired) electrons. The third kappa shape index (κ3) is 7.09. The molecule has 3 nitrogen and oxygen atoms in total. The van der Waals surface area contributed by atoms with E-state index in [1.54, 1.807) is 5.57 Å². The van der Waals surface area contributed by atoms with Crippen molar-refractivity contribution >= 4 is 14.4 Å². The van der Waals surface area contributed by atoms with E-state index in [4.69, 9.17) is 0 Å². The van der Waals surface area contributed by atoms with Gasteiger partial charge in [0.25, 0.3) is 0 Å². The molecule has 1 aliphatic rings. The topological polar surface area (TPSA) is 51.2 Å². The Morgan fingerprint density at radius 1 is 1.25 bits per heavy atom. The second-order valence-corrected chi connectivity index (χ2v) is 4.68. The molecule has 1 aliphatic carbocycles. The van der Waals surface area contributed by atoms with E-state index in [2.05, 4.69) is 25.2 Å². The van der Waals surface area contributed by atoms with Crippen LogP contribution in [-0.2, 0) is 27.0 Å². The molecule has 87 valence electrons. The summed E-state index contributed by atoms with van der Waals surface area (Å²) in [7, 11) is 0. The van der Waals surface area contributed by atoms with Crippen molar-refractivity contribution in [2.24, 2.45) is 0 Å². The maximum atomic E-state index is 9.36. The van der Waals surface area contributed by atoms with Crippen LogP contribution in [0.5, 0.6) is 0 Å². The van der Waals surface area contributed by atoms with Gasteiger partial charge in [-0.05, 0) is 19.3 Å². The minimum absolute atomic E-state index is 1.21. The van der Waals surface area contributed by atoms with Gasteiger partial charge in [0, 0.05) is 0 Å². The summed E-state index contributed by atoms with van der Waals surface area (Å²) in [6, 6.07) is 0. The molecule has 0 bridgehead atoms. The molecule has 0 saturated heterocycles. The molecule has 0 heterocycles. The molecule has 0 amide bonds. The van der Waals surface area contributed by atoms with Gasteiger partial charge in [-0.2, -0.15) is 0 Å². The van der Waals surface area contributed by atoms with Crippen LogP contribution in [0.3, 0.4) is 0 Å². The molecular formula is C12H14MnO3. The van der Waals surface area contributed by atoms with E-state index >= 15 is 0 Å². The van der Waals surface area contributed by atoms with Gasteiger partial charge < -0.3 is 0 Å². The molecule has 0 saturated carbocycles. The zero-order valence-corrected chi connectivity index (χ0v) is 10.3. The van der Waals surface area contributed by atoms with Crippen LogP contribution in [-0.4, -0.2) is 14.4 Å². The Labute approximate surface area is 98.0 Å². The summed E-state index contributed by atoms with van der Waals surface area (Å²) in [4.78, 5) is 31.7. The normalized spacial score (nSPS) is 11.4. The van der Waals surface area contributed by atoms with E-state index in [0.29, 0.717) is 0 Å². The van der Waals surface area contributed by atoms with E-state index in [-0.39, 0.29) is 0 Å². The summed E-state index contributed by atoms with van der Waals surface area (Å²) in [5.41, 5.74) is 1.61. The predicted octanol–water partition coefficient (Wildman–Crippen LogP) is 1.87. The van der Waals surface area contributed by atoms with E-state index in [1.807, 2.05) is 0 Å². The Hall–Kier alpha value is -1.26. The van der Waals surface area contributed by atoms with Crippen LogP contribution in [0.25, 0.3) is 0 Å². The van der Waals surface area contributed by atoms with Gasteiger partial charge in [0.15, 0.2) is 0 Å². The molecule has 0 fully saturated rings. The molecule has 0 aromatic rings. The first-order chi connectivity index (χ1) is 7.78. The van der Waals surface area contributed by atoms with Crippen LogP contribution in [0.2, 0.25) is 0 Å². The van der Waals surface area contributed by atoms with Crippen molar-refractivity contribution in [3.05, 3.63) is 23.8 Å². The van der Waals surface area contributed by atoms with Crippen molar-refractivity contribution in [3.8, 4) is 0 Å². The van der Waals surface area contributed by atoms with E-state index < -0.39 is 12.6 Å². The fourth-order valence-corrected chi connectivity index (χ4v) is 1.28. The van der Waals surface area contributed by atoms with Gasteiger partial charge >= 0.3 is 41.3 Å². The first kappa shape index (κ1) is 14.7. The summed E-state index contributed by atoms with van der Waals surface area (Å²) in [5, 5.41) is 0. The zero-order chi connectivity index (χ0) is 12.2. The summed E-state index contributed by atoms with van der Waals surface area (Å²) < 4.78 is 0. The Morgan fingerprint density at radius 2 is 1.88 bits per heavy atom. The average Bonchev–Trinajstić information content (AvgIpc) is 2.82. The van der Waals surface area contributed by atoms with Crippen molar-refractivity contribution < 1.29 is 27.0 Å². The molecule has 1 rings (SSSR count). The van der Waals surface area contributed by atoms with Gasteiger partial charge in [0.1, 0.15) is 0 Å². The number of carbonyl (C=O) groups excluding carboxylic acids is 3. The van der Waals surface area contributed by atoms with Gasteiger partial charge in [-0.3, -0.25) is 0 Å². The first-order valence-electron chi connectivity index (χ1n) is 4.96. The quantitative estimate of drug-likeness (QED) is 0.729. The third-order valence-electron chi connectivity index (χ3n) is 1.93. The van der Waals surface area contributed by atoms with E-state index in [1.165, 1.54) is 40.0 Å². The summed E-state index contributed by atoms with van der Waals surface area (Å²) in [6.45, 7) is 2.24. The Morgan fingerprint density at radius 3 is 2.19 bits per heavy atom. The molecule has 4 heteroatoms. The van der Waals surface area contributed by atoms with Crippen molar-refractivity contribution in [3.63, 3.8) is 0 Å². The number of hydrogen-bond acceptors (Lipinski definition) is 3. The zero-order valence-electron chi connectivity index (χ0n) is 9.16. The van der Waals surface area contributed by atoms with Gasteiger partial charge in [-0.15, -0.1) is 0 Å². The van der Waals surface area contributed by atoms with Crippen LogP contribution in [0, 0.1) is 0 Å². The van der Waals surface area contributed by atoms with Crippen molar-refractivity contribution in [2.75, 3.05) is 0 Å². The minimum atomic E-state index is -2.30. The fraction of sp³-hybridized carbons (Fsp3) is 0.417. The van der Waals surface area contributed by atoms with Gasteiger partial charge in [-0.1, -0.05) is 37.1 Å². The van der Waals surface area contributed by atoms with Crippen LogP contribution >= 0.6 is 0 Å². The third-order valence-corrected chi connectivity index (χ3v) is 2.65. The Balaban J connectivity index is 0.000000293. The molecule has 0 N–H and O–H groups in total. The fourth-order valence-electron chi connectivity index (χ4n) is 1.13. The van der Waals surface area contributed by atoms with Crippen molar-refractivity contribution in [1.29, 1.82) is 0 Å². The SMILES string of the molecule is CCCCC1=CC=CC1.O=[C]=[Mn](=[C]=O)=[C]=O. The summed E-state index contributed by atoms with van der Waals surface area (Å²) >= 11 is -2.30. The van der Waals surface area contributed by atoms with E-state index in [9.17, 15) is 14.4 Å². The number of hydrogen-bond donors (Lipinski definition) is 0. The van der Waals surface area contributed by atoms with Gasteiger partial charge in [0.2, 0.25) is 0 Å². The van der Waals surface area contributed by atoms with Crippen molar-refractivity contribution in [1.82, 2.24) is 0 Å². The first-order valence-corrected chi connectivity index (χ1v) is 6.73. The monoisotopic (exact) mass is 261 g/mol. The maximum absolute atomic E-state index is 9.36. The second-order valence-electron chi connectivity index (χ2n) is 3.08. The number of rotatable bonds is 3. The average molecular weight is 261 g/mol. The van der Waals surface area contributed by atoms with Crippen LogP contribution in [0.1, 0.15) is 32.6 Å². The molecule has 0 unspecified atom stereocenters. The summed E-state index contributed by atoms with van der Waals surface area (Å²) in [6.07, 6.45) is 11.8. The Bertz CT molecular complexity index is 433. The van der Waals surface area contributed by atoms with Crippen LogP contribution < -0.4 is 0 Å². The molecule has 0 spiro atoms. The second kappa shape index (κ2) is 10.3. The molecular weight excluding hydrogens is 247 g/mol.